The molecule has 0 aromatic heterocycles. The summed E-state index contributed by atoms with van der Waals surface area (Å²) in [4.78, 5) is 0. The molecule has 118 valence electrons. The number of hydrogen-bond acceptors (Lipinski definition) is 3. The van der Waals surface area contributed by atoms with Crippen molar-refractivity contribution >= 4 is 12.6 Å². The van der Waals surface area contributed by atoms with Crippen LogP contribution < -0.4 is 4.74 Å². The lowest BCUT2D eigenvalue weighted by Gasteiger charge is -2.35. The van der Waals surface area contributed by atoms with Gasteiger partial charge < -0.3 is 9.47 Å². The molecule has 2 nitrogen and oxygen atoms in total. The van der Waals surface area contributed by atoms with Crippen LogP contribution in [0.25, 0.3) is 0 Å². The average molecular weight is 308 g/mol. The topological polar surface area (TPSA) is 18.5 Å². The lowest BCUT2D eigenvalue weighted by Crippen LogP contribution is -2.37. The number of aryl methyl sites for hydroxylation is 1. The Kier molecular flexibility index (Phi) is 5.26. The van der Waals surface area contributed by atoms with Gasteiger partial charge in [-0.05, 0) is 48.1 Å². The van der Waals surface area contributed by atoms with Crippen molar-refractivity contribution in [2.45, 2.75) is 46.0 Å². The van der Waals surface area contributed by atoms with Crippen LogP contribution in [0, 0.1) is 12.3 Å². The van der Waals surface area contributed by atoms with Gasteiger partial charge >= 0.3 is 0 Å². The molecular formula is C18H28O2S. The Hall–Kier alpha value is -0.670. The van der Waals surface area contributed by atoms with E-state index in [0.717, 1.165) is 44.2 Å². The van der Waals surface area contributed by atoms with Crippen LogP contribution in [0.5, 0.6) is 5.75 Å². The number of rotatable bonds is 4. The van der Waals surface area contributed by atoms with Gasteiger partial charge in [0.25, 0.3) is 0 Å². The predicted octanol–water partition coefficient (Wildman–Crippen LogP) is 4.40. The standard InChI is InChI=1S/C18H28O2S/c1-14-11-15(17(2,3)4)5-6-16(14)20-12-18(13-21)7-9-19-10-8-18/h5-6,11,21H,7-10,12-13H2,1-4H3. The zero-order valence-electron chi connectivity index (χ0n) is 13.7. The van der Waals surface area contributed by atoms with Crippen LogP contribution in [-0.4, -0.2) is 25.6 Å². The van der Waals surface area contributed by atoms with E-state index in [4.69, 9.17) is 9.47 Å². The Morgan fingerprint density at radius 1 is 1.24 bits per heavy atom. The summed E-state index contributed by atoms with van der Waals surface area (Å²) in [6.45, 7) is 11.2. The summed E-state index contributed by atoms with van der Waals surface area (Å²) in [5, 5.41) is 0. The van der Waals surface area contributed by atoms with Crippen molar-refractivity contribution < 1.29 is 9.47 Å². The summed E-state index contributed by atoms with van der Waals surface area (Å²) in [5.74, 6) is 1.85. The third-order valence-electron chi connectivity index (χ3n) is 4.46. The molecule has 1 heterocycles. The van der Waals surface area contributed by atoms with Gasteiger partial charge in [0.2, 0.25) is 0 Å². The fraction of sp³-hybridized carbons (Fsp3) is 0.667. The van der Waals surface area contributed by atoms with Crippen LogP contribution in [0.1, 0.15) is 44.7 Å². The van der Waals surface area contributed by atoms with Gasteiger partial charge in [0, 0.05) is 18.6 Å². The van der Waals surface area contributed by atoms with Crippen molar-refractivity contribution in [2.75, 3.05) is 25.6 Å². The summed E-state index contributed by atoms with van der Waals surface area (Å²) in [6, 6.07) is 6.54. The van der Waals surface area contributed by atoms with Crippen LogP contribution in [0.15, 0.2) is 18.2 Å². The first-order chi connectivity index (χ1) is 9.86. The molecule has 0 aliphatic carbocycles. The molecule has 0 amide bonds. The minimum absolute atomic E-state index is 0.163. The Balaban J connectivity index is 2.06. The third kappa shape index (κ3) is 4.17. The fourth-order valence-electron chi connectivity index (χ4n) is 2.66. The summed E-state index contributed by atoms with van der Waals surface area (Å²) in [7, 11) is 0. The first-order valence-electron chi connectivity index (χ1n) is 7.79. The molecule has 1 aromatic carbocycles. The van der Waals surface area contributed by atoms with E-state index in [-0.39, 0.29) is 10.8 Å². The Morgan fingerprint density at radius 2 is 1.90 bits per heavy atom. The average Bonchev–Trinajstić information content (AvgIpc) is 2.46. The highest BCUT2D eigenvalue weighted by atomic mass is 32.1. The molecule has 1 fully saturated rings. The molecular weight excluding hydrogens is 280 g/mol. The zero-order chi connectivity index (χ0) is 15.5. The maximum Gasteiger partial charge on any atom is 0.122 e. The van der Waals surface area contributed by atoms with Crippen molar-refractivity contribution in [2.24, 2.45) is 5.41 Å². The SMILES string of the molecule is Cc1cc(C(C)(C)C)ccc1OCC1(CS)CCOCC1. The van der Waals surface area contributed by atoms with E-state index in [1.165, 1.54) is 11.1 Å². The second kappa shape index (κ2) is 6.62. The van der Waals surface area contributed by atoms with Crippen molar-refractivity contribution in [3.05, 3.63) is 29.3 Å². The van der Waals surface area contributed by atoms with Gasteiger partial charge in [-0.3, -0.25) is 0 Å². The van der Waals surface area contributed by atoms with Gasteiger partial charge in [-0.1, -0.05) is 32.9 Å². The van der Waals surface area contributed by atoms with Crippen molar-refractivity contribution in [3.63, 3.8) is 0 Å². The van der Waals surface area contributed by atoms with Crippen molar-refractivity contribution in [1.82, 2.24) is 0 Å². The minimum atomic E-state index is 0.163. The molecule has 0 spiro atoms. The number of thiol groups is 1. The van der Waals surface area contributed by atoms with Gasteiger partial charge in [0.1, 0.15) is 5.75 Å². The molecule has 1 aromatic rings. The van der Waals surface area contributed by atoms with E-state index in [2.05, 4.69) is 58.5 Å². The maximum absolute atomic E-state index is 6.13. The first kappa shape index (κ1) is 16.7. The molecule has 1 aliphatic heterocycles. The highest BCUT2D eigenvalue weighted by Gasteiger charge is 2.32. The molecule has 0 radical (unpaired) electrons. The van der Waals surface area contributed by atoms with E-state index in [9.17, 15) is 0 Å². The minimum Gasteiger partial charge on any atom is -0.493 e. The van der Waals surface area contributed by atoms with E-state index in [0.29, 0.717) is 0 Å². The van der Waals surface area contributed by atoms with Crippen LogP contribution in [0.4, 0.5) is 0 Å². The van der Waals surface area contributed by atoms with Crippen LogP contribution in [-0.2, 0) is 10.2 Å². The van der Waals surface area contributed by atoms with Crippen molar-refractivity contribution in [1.29, 1.82) is 0 Å². The zero-order valence-corrected chi connectivity index (χ0v) is 14.6. The third-order valence-corrected chi connectivity index (χ3v) is 5.13. The number of hydrogen-bond donors (Lipinski definition) is 1. The van der Waals surface area contributed by atoms with Gasteiger partial charge in [-0.15, -0.1) is 0 Å². The Morgan fingerprint density at radius 3 is 2.43 bits per heavy atom. The molecule has 1 aliphatic rings. The first-order valence-corrected chi connectivity index (χ1v) is 8.42. The van der Waals surface area contributed by atoms with E-state index in [1.54, 1.807) is 0 Å². The molecule has 21 heavy (non-hydrogen) atoms. The van der Waals surface area contributed by atoms with Gasteiger partial charge in [0.05, 0.1) is 6.61 Å². The lowest BCUT2D eigenvalue weighted by molar-refractivity contribution is 0.00299. The molecule has 2 rings (SSSR count). The summed E-state index contributed by atoms with van der Waals surface area (Å²) >= 11 is 4.54. The van der Waals surface area contributed by atoms with Crippen LogP contribution in [0.2, 0.25) is 0 Å². The van der Waals surface area contributed by atoms with Gasteiger partial charge in [0.15, 0.2) is 0 Å². The quantitative estimate of drug-likeness (QED) is 0.831. The van der Waals surface area contributed by atoms with Crippen molar-refractivity contribution in [3.8, 4) is 5.75 Å². The maximum atomic E-state index is 6.13. The second-order valence-electron chi connectivity index (χ2n) is 7.29. The van der Waals surface area contributed by atoms with Crippen LogP contribution >= 0.6 is 12.6 Å². The highest BCUT2D eigenvalue weighted by Crippen LogP contribution is 2.34. The van der Waals surface area contributed by atoms with Gasteiger partial charge in [-0.2, -0.15) is 12.6 Å². The summed E-state index contributed by atoms with van der Waals surface area (Å²) in [6.07, 6.45) is 2.07. The van der Waals surface area contributed by atoms with E-state index >= 15 is 0 Å². The number of ether oxygens (including phenoxy) is 2. The van der Waals surface area contributed by atoms with E-state index in [1.807, 2.05) is 0 Å². The lowest BCUT2D eigenvalue weighted by atomic mass is 9.83. The van der Waals surface area contributed by atoms with E-state index < -0.39 is 0 Å². The Bertz CT molecular complexity index is 471. The molecule has 0 unspecified atom stereocenters. The molecule has 0 atom stereocenters. The Labute approximate surface area is 134 Å². The van der Waals surface area contributed by atoms with Crippen LogP contribution in [0.3, 0.4) is 0 Å². The predicted molar refractivity (Wildman–Crippen MR) is 91.7 cm³/mol. The molecule has 0 saturated carbocycles. The summed E-state index contributed by atoms with van der Waals surface area (Å²) < 4.78 is 11.6. The smallest absolute Gasteiger partial charge is 0.122 e. The molecule has 0 N–H and O–H groups in total. The second-order valence-corrected chi connectivity index (χ2v) is 7.61. The molecule has 0 bridgehead atoms. The largest absolute Gasteiger partial charge is 0.493 e. The summed E-state index contributed by atoms with van der Waals surface area (Å²) in [5.41, 5.74) is 2.90. The monoisotopic (exact) mass is 308 g/mol. The molecule has 1 saturated heterocycles. The fourth-order valence-corrected chi connectivity index (χ4v) is 3.07. The van der Waals surface area contributed by atoms with Gasteiger partial charge in [-0.25, -0.2) is 0 Å². The molecule has 3 heteroatoms. The normalized spacial score (nSPS) is 18.5. The number of benzene rings is 1. The highest BCUT2D eigenvalue weighted by molar-refractivity contribution is 7.80.